The van der Waals surface area contributed by atoms with E-state index in [-0.39, 0.29) is 60.2 Å². The molecule has 2 bridgehead atoms. The number of aryl methyl sites for hydroxylation is 2. The SMILES string of the molecule is CC(C)=C1CCc2ccc(cc2)CC(CCc2cccc(Cc3ccccc3)c2)CC(=O)OC2c3c(ccc4c(CO)c(C(CCO)COCO)c(=O)oc34)OC(C)(C3CCCC3)C2OC1=O. The Morgan fingerprint density at radius 2 is 1.55 bits per heavy atom. The largest absolute Gasteiger partial charge is 0.483 e. The summed E-state index contributed by atoms with van der Waals surface area (Å²) in [5, 5.41) is 30.7. The highest BCUT2D eigenvalue weighted by atomic mass is 16.6. The first kappa shape index (κ1) is 47.9. The van der Waals surface area contributed by atoms with E-state index >= 15 is 0 Å². The molecule has 67 heavy (non-hydrogen) atoms. The molecule has 5 unspecified atom stereocenters. The van der Waals surface area contributed by atoms with Gasteiger partial charge >= 0.3 is 17.6 Å². The van der Waals surface area contributed by atoms with E-state index in [2.05, 4.69) is 72.8 Å². The number of aliphatic hydroxyl groups excluding tert-OH is 3. The molecule has 9 rings (SSSR count). The molecule has 4 heterocycles. The summed E-state index contributed by atoms with van der Waals surface area (Å²) in [6.45, 7) is 4.16. The van der Waals surface area contributed by atoms with Crippen LogP contribution in [0.25, 0.3) is 11.0 Å². The van der Waals surface area contributed by atoms with Crippen molar-refractivity contribution in [3.63, 3.8) is 0 Å². The average molecular weight is 913 g/mol. The average Bonchev–Trinajstić information content (AvgIpc) is 3.87. The Bertz CT molecular complexity index is 2600. The minimum atomic E-state index is -1.26. The zero-order valence-electron chi connectivity index (χ0n) is 39.0. The Labute approximate surface area is 392 Å². The zero-order chi connectivity index (χ0) is 47.1. The molecule has 0 amide bonds. The molecule has 3 N–H and O–H groups in total. The molecule has 5 aromatic rings. The van der Waals surface area contributed by atoms with Crippen LogP contribution in [-0.2, 0) is 56.1 Å². The highest BCUT2D eigenvalue weighted by Gasteiger charge is 2.57. The predicted molar refractivity (Wildman–Crippen MR) is 255 cm³/mol. The Kier molecular flexibility index (Phi) is 15.4. The number of hydrogen-bond acceptors (Lipinski definition) is 11. The van der Waals surface area contributed by atoms with Crippen molar-refractivity contribution in [1.29, 1.82) is 0 Å². The van der Waals surface area contributed by atoms with Crippen LogP contribution in [0.5, 0.6) is 5.75 Å². The van der Waals surface area contributed by atoms with Crippen molar-refractivity contribution in [3.8, 4) is 5.75 Å². The number of rotatable bonds is 13. The highest BCUT2D eigenvalue weighted by molar-refractivity contribution is 5.90. The Morgan fingerprint density at radius 3 is 2.27 bits per heavy atom. The third-order valence-corrected chi connectivity index (χ3v) is 14.4. The summed E-state index contributed by atoms with van der Waals surface area (Å²) in [7, 11) is 0. The summed E-state index contributed by atoms with van der Waals surface area (Å²) < 4.78 is 32.0. The lowest BCUT2D eigenvalue weighted by Crippen LogP contribution is -2.58. The number of hydrogen-bond donors (Lipinski definition) is 3. The Balaban J connectivity index is 1.23. The van der Waals surface area contributed by atoms with Crippen LogP contribution in [-0.4, -0.2) is 59.0 Å². The fourth-order valence-corrected chi connectivity index (χ4v) is 10.8. The molecule has 11 heteroatoms. The molecular formula is C56H64O11. The first-order chi connectivity index (χ1) is 32.5. The molecular weight excluding hydrogens is 849 g/mol. The van der Waals surface area contributed by atoms with E-state index in [9.17, 15) is 29.7 Å². The number of carbonyl (C=O) groups excluding carboxylic acids is 2. The summed E-state index contributed by atoms with van der Waals surface area (Å²) in [5.74, 6) is -1.60. The zero-order valence-corrected chi connectivity index (χ0v) is 39.0. The van der Waals surface area contributed by atoms with Crippen LogP contribution >= 0.6 is 0 Å². The van der Waals surface area contributed by atoms with E-state index in [1.807, 2.05) is 26.8 Å². The second kappa shape index (κ2) is 21.6. The van der Waals surface area contributed by atoms with E-state index in [4.69, 9.17) is 23.4 Å². The van der Waals surface area contributed by atoms with Crippen molar-refractivity contribution < 1.29 is 48.3 Å². The lowest BCUT2D eigenvalue weighted by molar-refractivity contribution is -0.199. The molecule has 4 aliphatic rings. The van der Waals surface area contributed by atoms with Crippen molar-refractivity contribution in [2.45, 2.75) is 128 Å². The van der Waals surface area contributed by atoms with E-state index < -0.39 is 54.7 Å². The van der Waals surface area contributed by atoms with Crippen LogP contribution in [0.15, 0.2) is 111 Å². The normalized spacial score (nSPS) is 21.9. The first-order valence-corrected chi connectivity index (χ1v) is 24.0. The van der Waals surface area contributed by atoms with Gasteiger partial charge in [0.05, 0.1) is 18.8 Å². The van der Waals surface area contributed by atoms with Crippen LogP contribution in [0.1, 0.15) is 129 Å². The summed E-state index contributed by atoms with van der Waals surface area (Å²) in [6, 6.07) is 30.9. The van der Waals surface area contributed by atoms with Gasteiger partial charge in [-0.1, -0.05) is 97.3 Å². The van der Waals surface area contributed by atoms with Gasteiger partial charge in [-0.2, -0.15) is 0 Å². The molecule has 5 atom stereocenters. The number of allylic oxidation sites excluding steroid dienone is 1. The first-order valence-electron chi connectivity index (χ1n) is 24.0. The van der Waals surface area contributed by atoms with E-state index in [0.29, 0.717) is 42.4 Å². The van der Waals surface area contributed by atoms with Gasteiger partial charge in [-0.05, 0) is 130 Å². The number of fused-ring (bicyclic) bond motifs is 13. The Morgan fingerprint density at radius 1 is 0.821 bits per heavy atom. The van der Waals surface area contributed by atoms with Gasteiger partial charge in [0.15, 0.2) is 12.2 Å². The molecule has 4 aromatic carbocycles. The number of ether oxygens (including phenoxy) is 4. The minimum absolute atomic E-state index is 0.0387. The second-order valence-corrected chi connectivity index (χ2v) is 19.1. The molecule has 1 aromatic heterocycles. The summed E-state index contributed by atoms with van der Waals surface area (Å²) >= 11 is 0. The highest BCUT2D eigenvalue weighted by Crippen LogP contribution is 2.52. The van der Waals surface area contributed by atoms with Gasteiger partial charge in [0.1, 0.15) is 23.7 Å². The molecule has 0 radical (unpaired) electrons. The summed E-state index contributed by atoms with van der Waals surface area (Å²) in [6.07, 6.45) is 5.23. The van der Waals surface area contributed by atoms with E-state index in [1.165, 1.54) is 16.7 Å². The lowest BCUT2D eigenvalue weighted by atomic mass is 9.76. The van der Waals surface area contributed by atoms with Gasteiger partial charge in [0.2, 0.25) is 0 Å². The van der Waals surface area contributed by atoms with E-state index in [1.54, 1.807) is 12.1 Å². The number of esters is 2. The van der Waals surface area contributed by atoms with Crippen molar-refractivity contribution >= 4 is 22.9 Å². The number of carbonyl (C=O) groups is 2. The lowest BCUT2D eigenvalue weighted by Gasteiger charge is -2.48. The summed E-state index contributed by atoms with van der Waals surface area (Å²) in [4.78, 5) is 43.8. The van der Waals surface area contributed by atoms with Gasteiger partial charge in [0.25, 0.3) is 0 Å². The summed E-state index contributed by atoms with van der Waals surface area (Å²) in [5.41, 5.74) is 5.85. The molecule has 354 valence electrons. The topological polar surface area (TPSA) is 162 Å². The standard InChI is InChI=1S/C56H64O11/c1-35(2)44-23-22-36-16-18-39(19-17-36)30-41(21-20-38-12-9-13-40(29-38)28-37-10-5-4-6-11-37)31-48(60)64-52-50-47(67-56(3,43-14-7-8-15-43)53(52)66-54(44)61)25-24-45-46(32-58)49(55(62)65-51(45)50)42(26-27-57)33-63-34-59/h4-6,9-13,16-19,24-25,29,41-43,52-53,57-59H,7-8,14-15,20-23,26-28,30-34H2,1-3H3. The van der Waals surface area contributed by atoms with Crippen molar-refractivity contribution in [3.05, 3.63) is 157 Å². The smallest absolute Gasteiger partial charge is 0.340 e. The van der Waals surface area contributed by atoms with Crippen LogP contribution in [0, 0.1) is 11.8 Å². The fourth-order valence-electron chi connectivity index (χ4n) is 10.8. The molecule has 1 saturated carbocycles. The third-order valence-electron chi connectivity index (χ3n) is 14.4. The maximum atomic E-state index is 14.9. The van der Waals surface area contributed by atoms with Crippen LogP contribution in [0.4, 0.5) is 0 Å². The minimum Gasteiger partial charge on any atom is -0.483 e. The predicted octanol–water partition coefficient (Wildman–Crippen LogP) is 9.31. The monoisotopic (exact) mass is 912 g/mol. The van der Waals surface area contributed by atoms with Gasteiger partial charge < -0.3 is 38.7 Å². The van der Waals surface area contributed by atoms with Crippen LogP contribution < -0.4 is 10.4 Å². The van der Waals surface area contributed by atoms with Gasteiger partial charge in [-0.3, -0.25) is 4.79 Å². The van der Waals surface area contributed by atoms with Gasteiger partial charge in [-0.25, -0.2) is 9.59 Å². The molecule has 1 fully saturated rings. The maximum absolute atomic E-state index is 14.9. The number of aliphatic hydroxyl groups is 3. The van der Waals surface area contributed by atoms with Crippen LogP contribution in [0.2, 0.25) is 0 Å². The fraction of sp³-hybridized carbons (Fsp3) is 0.446. The molecule has 1 aliphatic carbocycles. The molecule has 3 aliphatic heterocycles. The third kappa shape index (κ3) is 10.8. The molecule has 0 saturated heterocycles. The van der Waals surface area contributed by atoms with Crippen molar-refractivity contribution in [2.75, 3.05) is 20.0 Å². The molecule has 11 nitrogen and oxygen atoms in total. The number of benzene rings is 4. The molecule has 0 spiro atoms. The maximum Gasteiger partial charge on any atom is 0.340 e. The second-order valence-electron chi connectivity index (χ2n) is 19.1. The van der Waals surface area contributed by atoms with Crippen molar-refractivity contribution in [2.24, 2.45) is 11.8 Å². The van der Waals surface area contributed by atoms with Crippen LogP contribution in [0.3, 0.4) is 0 Å². The van der Waals surface area contributed by atoms with Gasteiger partial charge in [0, 0.05) is 41.4 Å². The Hall–Kier alpha value is -5.59. The quantitative estimate of drug-likeness (QED) is 0.0447. The van der Waals surface area contributed by atoms with Gasteiger partial charge in [-0.15, -0.1) is 0 Å². The van der Waals surface area contributed by atoms with E-state index in [0.717, 1.165) is 55.2 Å². The van der Waals surface area contributed by atoms with Crippen molar-refractivity contribution in [1.82, 2.24) is 0 Å².